The van der Waals surface area contributed by atoms with Crippen molar-refractivity contribution >= 4 is 17.5 Å². The normalized spacial score (nSPS) is 17.2. The second-order valence-electron chi connectivity index (χ2n) is 6.16. The summed E-state index contributed by atoms with van der Waals surface area (Å²) in [5.74, 6) is -0.546. The largest absolute Gasteiger partial charge is 0.340 e. The van der Waals surface area contributed by atoms with Gasteiger partial charge in [-0.05, 0) is 19.1 Å². The molecular formula is C17H24FN3O2. The van der Waals surface area contributed by atoms with E-state index in [1.54, 1.807) is 25.1 Å². The Morgan fingerprint density at radius 1 is 1.09 bits per heavy atom. The Morgan fingerprint density at radius 3 is 2.26 bits per heavy atom. The molecule has 2 amide bonds. The summed E-state index contributed by atoms with van der Waals surface area (Å²) in [6.45, 7) is 8.10. The molecular weight excluding hydrogens is 297 g/mol. The minimum atomic E-state index is -0.444. The maximum absolute atomic E-state index is 13.6. The highest BCUT2D eigenvalue weighted by Crippen LogP contribution is 2.15. The zero-order valence-corrected chi connectivity index (χ0v) is 13.9. The van der Waals surface area contributed by atoms with Crippen molar-refractivity contribution in [3.8, 4) is 0 Å². The van der Waals surface area contributed by atoms with Crippen LogP contribution in [0.3, 0.4) is 0 Å². The molecule has 0 bridgehead atoms. The van der Waals surface area contributed by atoms with Crippen molar-refractivity contribution < 1.29 is 14.0 Å². The van der Waals surface area contributed by atoms with Gasteiger partial charge in [0, 0.05) is 32.1 Å². The molecule has 1 aromatic rings. The standard InChI is InChI=1S/C17H24FN3O2/c1-12(2)17(23)21-10-8-20(9-11-21)13(3)16(22)19-15-7-5-4-6-14(15)18/h4-7,12-13H,8-11H2,1-3H3,(H,19,22). The molecule has 0 aliphatic carbocycles. The summed E-state index contributed by atoms with van der Waals surface area (Å²) >= 11 is 0. The molecule has 126 valence electrons. The number of para-hydroxylation sites is 1. The van der Waals surface area contributed by atoms with Gasteiger partial charge in [0.1, 0.15) is 5.82 Å². The van der Waals surface area contributed by atoms with Gasteiger partial charge in [0.05, 0.1) is 11.7 Å². The molecule has 0 spiro atoms. The predicted octanol–water partition coefficient (Wildman–Crippen LogP) is 1.95. The Kier molecular flexibility index (Phi) is 5.71. The molecule has 0 aromatic heterocycles. The third kappa shape index (κ3) is 4.28. The third-order valence-electron chi connectivity index (χ3n) is 4.18. The number of piperazine rings is 1. The molecule has 1 saturated heterocycles. The summed E-state index contributed by atoms with van der Waals surface area (Å²) in [6, 6.07) is 5.75. The van der Waals surface area contributed by atoms with E-state index < -0.39 is 5.82 Å². The minimum absolute atomic E-state index is 0.0108. The first kappa shape index (κ1) is 17.4. The van der Waals surface area contributed by atoms with E-state index in [0.717, 1.165) is 0 Å². The number of carbonyl (C=O) groups is 2. The number of benzene rings is 1. The van der Waals surface area contributed by atoms with Crippen molar-refractivity contribution in [3.05, 3.63) is 30.1 Å². The lowest BCUT2D eigenvalue weighted by Crippen LogP contribution is -2.54. The first-order valence-corrected chi connectivity index (χ1v) is 7.98. The molecule has 1 unspecified atom stereocenters. The molecule has 0 saturated carbocycles. The van der Waals surface area contributed by atoms with E-state index in [9.17, 15) is 14.0 Å². The van der Waals surface area contributed by atoms with Gasteiger partial charge in [0.15, 0.2) is 0 Å². The number of rotatable bonds is 4. The number of hydrogen-bond donors (Lipinski definition) is 1. The molecule has 1 N–H and O–H groups in total. The van der Waals surface area contributed by atoms with E-state index in [-0.39, 0.29) is 29.5 Å². The second kappa shape index (κ2) is 7.55. The van der Waals surface area contributed by atoms with Crippen molar-refractivity contribution in [3.63, 3.8) is 0 Å². The summed E-state index contributed by atoms with van der Waals surface area (Å²) < 4.78 is 13.6. The Labute approximate surface area is 136 Å². The monoisotopic (exact) mass is 321 g/mol. The second-order valence-corrected chi connectivity index (χ2v) is 6.16. The maximum Gasteiger partial charge on any atom is 0.241 e. The number of hydrogen-bond acceptors (Lipinski definition) is 3. The third-order valence-corrected chi connectivity index (χ3v) is 4.18. The molecule has 1 fully saturated rings. The van der Waals surface area contributed by atoms with Gasteiger partial charge in [-0.3, -0.25) is 14.5 Å². The van der Waals surface area contributed by atoms with E-state index in [1.807, 2.05) is 23.6 Å². The number of amides is 2. The molecule has 1 aromatic carbocycles. The van der Waals surface area contributed by atoms with Crippen LogP contribution in [0.25, 0.3) is 0 Å². The van der Waals surface area contributed by atoms with Crippen molar-refractivity contribution in [2.45, 2.75) is 26.8 Å². The van der Waals surface area contributed by atoms with Crippen LogP contribution in [-0.2, 0) is 9.59 Å². The fourth-order valence-electron chi connectivity index (χ4n) is 2.66. The molecule has 6 heteroatoms. The van der Waals surface area contributed by atoms with Crippen LogP contribution < -0.4 is 5.32 Å². The van der Waals surface area contributed by atoms with Crippen molar-refractivity contribution in [1.29, 1.82) is 0 Å². The zero-order valence-electron chi connectivity index (χ0n) is 13.9. The summed E-state index contributed by atoms with van der Waals surface area (Å²) in [5.41, 5.74) is 0.193. The summed E-state index contributed by atoms with van der Waals surface area (Å²) in [7, 11) is 0. The molecule has 2 rings (SSSR count). The lowest BCUT2D eigenvalue weighted by Gasteiger charge is -2.38. The number of anilines is 1. The summed E-state index contributed by atoms with van der Waals surface area (Å²) in [6.07, 6.45) is 0. The van der Waals surface area contributed by atoms with Gasteiger partial charge in [0.2, 0.25) is 11.8 Å². The highest BCUT2D eigenvalue weighted by atomic mass is 19.1. The van der Waals surface area contributed by atoms with Gasteiger partial charge < -0.3 is 10.2 Å². The molecule has 5 nitrogen and oxygen atoms in total. The Bertz CT molecular complexity index is 569. The van der Waals surface area contributed by atoms with Crippen LogP contribution in [0.5, 0.6) is 0 Å². The molecule has 1 atom stereocenters. The topological polar surface area (TPSA) is 52.7 Å². The molecule has 1 aliphatic heterocycles. The smallest absolute Gasteiger partial charge is 0.241 e. The van der Waals surface area contributed by atoms with Gasteiger partial charge in [-0.2, -0.15) is 0 Å². The number of carbonyl (C=O) groups excluding carboxylic acids is 2. The average Bonchev–Trinajstić information content (AvgIpc) is 2.55. The fourth-order valence-corrected chi connectivity index (χ4v) is 2.66. The molecule has 1 heterocycles. The zero-order chi connectivity index (χ0) is 17.0. The summed E-state index contributed by atoms with van der Waals surface area (Å²) in [4.78, 5) is 28.1. The van der Waals surface area contributed by atoms with E-state index in [0.29, 0.717) is 26.2 Å². The van der Waals surface area contributed by atoms with Crippen LogP contribution in [0.1, 0.15) is 20.8 Å². The number of nitrogens with zero attached hydrogens (tertiary/aromatic N) is 2. The van der Waals surface area contributed by atoms with Gasteiger partial charge in [0.25, 0.3) is 0 Å². The number of nitrogens with one attached hydrogen (secondary N) is 1. The Balaban J connectivity index is 1.89. The van der Waals surface area contributed by atoms with Crippen LogP contribution in [0, 0.1) is 11.7 Å². The van der Waals surface area contributed by atoms with E-state index in [2.05, 4.69) is 5.32 Å². The van der Waals surface area contributed by atoms with Gasteiger partial charge in [-0.25, -0.2) is 4.39 Å². The highest BCUT2D eigenvalue weighted by Gasteiger charge is 2.28. The average molecular weight is 321 g/mol. The Hall–Kier alpha value is -1.95. The van der Waals surface area contributed by atoms with Gasteiger partial charge in [-0.1, -0.05) is 26.0 Å². The van der Waals surface area contributed by atoms with Crippen molar-refractivity contribution in [2.75, 3.05) is 31.5 Å². The Morgan fingerprint density at radius 2 is 1.70 bits per heavy atom. The van der Waals surface area contributed by atoms with Gasteiger partial charge in [-0.15, -0.1) is 0 Å². The predicted molar refractivity (Wildman–Crippen MR) is 87.5 cm³/mol. The number of halogens is 1. The van der Waals surface area contributed by atoms with Crippen LogP contribution in [-0.4, -0.2) is 53.8 Å². The fraction of sp³-hybridized carbons (Fsp3) is 0.529. The van der Waals surface area contributed by atoms with E-state index >= 15 is 0 Å². The molecule has 0 radical (unpaired) electrons. The van der Waals surface area contributed by atoms with Gasteiger partial charge >= 0.3 is 0 Å². The SMILES string of the molecule is CC(C)C(=O)N1CCN(C(C)C(=O)Nc2ccccc2F)CC1. The quantitative estimate of drug-likeness (QED) is 0.922. The summed E-state index contributed by atoms with van der Waals surface area (Å²) in [5, 5.41) is 2.62. The minimum Gasteiger partial charge on any atom is -0.340 e. The van der Waals surface area contributed by atoms with Crippen LogP contribution >= 0.6 is 0 Å². The maximum atomic E-state index is 13.6. The van der Waals surface area contributed by atoms with Crippen molar-refractivity contribution in [1.82, 2.24) is 9.80 Å². The van der Waals surface area contributed by atoms with E-state index in [1.165, 1.54) is 6.07 Å². The van der Waals surface area contributed by atoms with E-state index in [4.69, 9.17) is 0 Å². The van der Waals surface area contributed by atoms with Crippen LogP contribution in [0.15, 0.2) is 24.3 Å². The lowest BCUT2D eigenvalue weighted by atomic mass is 10.1. The van der Waals surface area contributed by atoms with Crippen molar-refractivity contribution in [2.24, 2.45) is 5.92 Å². The lowest BCUT2D eigenvalue weighted by molar-refractivity contribution is -0.136. The highest BCUT2D eigenvalue weighted by molar-refractivity contribution is 5.94. The first-order chi connectivity index (χ1) is 10.9. The van der Waals surface area contributed by atoms with Crippen LogP contribution in [0.2, 0.25) is 0 Å². The molecule has 23 heavy (non-hydrogen) atoms. The first-order valence-electron chi connectivity index (χ1n) is 7.98. The molecule has 1 aliphatic rings. The van der Waals surface area contributed by atoms with Crippen LogP contribution in [0.4, 0.5) is 10.1 Å².